The van der Waals surface area contributed by atoms with E-state index in [1.807, 2.05) is 26.0 Å². The Kier molecular flexibility index (Phi) is 5.90. The summed E-state index contributed by atoms with van der Waals surface area (Å²) in [6.07, 6.45) is -1.09. The fourth-order valence-electron chi connectivity index (χ4n) is 3.40. The van der Waals surface area contributed by atoms with Crippen LogP contribution in [0.3, 0.4) is 0 Å². The van der Waals surface area contributed by atoms with Crippen molar-refractivity contribution in [2.75, 3.05) is 0 Å². The molecule has 2 aliphatic heterocycles. The number of phenolic OH excluding ortho intramolecular Hbond substituents is 2. The summed E-state index contributed by atoms with van der Waals surface area (Å²) < 4.78 is 15.9. The summed E-state index contributed by atoms with van der Waals surface area (Å²) in [6.45, 7) is 3.71. The molecule has 4 unspecified atom stereocenters. The van der Waals surface area contributed by atoms with Crippen molar-refractivity contribution < 1.29 is 24.4 Å². The molecule has 0 spiro atoms. The van der Waals surface area contributed by atoms with Gasteiger partial charge in [0.2, 0.25) is 6.84 Å². The molecule has 0 aliphatic carbocycles. The number of benzene rings is 2. The zero-order valence-electron chi connectivity index (χ0n) is 15.4. The molecule has 2 aromatic carbocycles. The van der Waals surface area contributed by atoms with Gasteiger partial charge in [0.15, 0.2) is 0 Å². The molecule has 0 amide bonds. The standard InChI is InChI=1S/C20H18Br4O5/c1-9-11(5-3-7-13(9)25)15-17(27-15)19(21,22)29-20(23,24)18-16(28-18)12-6-4-8-14(26)10(12)2/h3-8,15-18,25-26H,1-2H3. The number of rotatable bonds is 6. The van der Waals surface area contributed by atoms with E-state index in [-0.39, 0.29) is 35.9 Å². The fraction of sp³-hybridized carbons (Fsp3) is 0.400. The van der Waals surface area contributed by atoms with Crippen LogP contribution >= 0.6 is 63.7 Å². The summed E-state index contributed by atoms with van der Waals surface area (Å²) in [5.74, 6) is 0.469. The van der Waals surface area contributed by atoms with Crippen LogP contribution in [0.15, 0.2) is 36.4 Å². The van der Waals surface area contributed by atoms with Gasteiger partial charge in [-0.1, -0.05) is 24.3 Å². The minimum Gasteiger partial charge on any atom is -0.508 e. The van der Waals surface area contributed by atoms with Crippen molar-refractivity contribution >= 4 is 63.7 Å². The molecule has 2 N–H and O–H groups in total. The third kappa shape index (κ3) is 4.29. The molecule has 4 atom stereocenters. The fourth-order valence-corrected chi connectivity index (χ4v) is 6.69. The van der Waals surface area contributed by atoms with Crippen molar-refractivity contribution in [3.05, 3.63) is 58.7 Å². The Bertz CT molecular complexity index is 873. The van der Waals surface area contributed by atoms with E-state index in [4.69, 9.17) is 14.2 Å². The molecule has 2 aromatic rings. The van der Waals surface area contributed by atoms with Gasteiger partial charge in [-0.15, -0.1) is 0 Å². The number of epoxide rings is 2. The Morgan fingerprint density at radius 3 is 1.52 bits per heavy atom. The lowest BCUT2D eigenvalue weighted by molar-refractivity contribution is 0.0335. The van der Waals surface area contributed by atoms with E-state index in [1.165, 1.54) is 0 Å². The highest BCUT2D eigenvalue weighted by molar-refractivity contribution is 9.26. The lowest BCUT2D eigenvalue weighted by atomic mass is 10.0. The first-order chi connectivity index (χ1) is 13.5. The first-order valence-electron chi connectivity index (χ1n) is 8.86. The lowest BCUT2D eigenvalue weighted by Crippen LogP contribution is -2.36. The van der Waals surface area contributed by atoms with Crippen molar-refractivity contribution in [2.45, 2.75) is 45.1 Å². The number of hydrogen-bond donors (Lipinski definition) is 2. The molecular formula is C20H18Br4O5. The van der Waals surface area contributed by atoms with Crippen LogP contribution < -0.4 is 0 Å². The summed E-state index contributed by atoms with van der Waals surface area (Å²) in [5.41, 5.74) is 3.38. The molecule has 29 heavy (non-hydrogen) atoms. The van der Waals surface area contributed by atoms with Crippen LogP contribution in [0.2, 0.25) is 0 Å². The van der Waals surface area contributed by atoms with E-state index < -0.39 is 6.84 Å². The molecule has 4 rings (SSSR count). The van der Waals surface area contributed by atoms with Crippen molar-refractivity contribution in [2.24, 2.45) is 0 Å². The summed E-state index contributed by atoms with van der Waals surface area (Å²) in [5, 5.41) is 19.9. The summed E-state index contributed by atoms with van der Waals surface area (Å²) >= 11 is 14.3. The number of phenols is 2. The molecule has 0 aromatic heterocycles. The van der Waals surface area contributed by atoms with Crippen LogP contribution in [0, 0.1) is 13.8 Å². The van der Waals surface area contributed by atoms with Gasteiger partial charge in [-0.05, 0) is 112 Å². The maximum Gasteiger partial charge on any atom is 0.209 e. The summed E-state index contributed by atoms with van der Waals surface area (Å²) in [7, 11) is 0. The van der Waals surface area contributed by atoms with Gasteiger partial charge in [0.25, 0.3) is 0 Å². The average Bonchev–Trinajstić information content (AvgIpc) is 3.51. The Morgan fingerprint density at radius 1 is 0.759 bits per heavy atom. The topological polar surface area (TPSA) is 74.8 Å². The van der Waals surface area contributed by atoms with Crippen LogP contribution in [0.1, 0.15) is 34.5 Å². The molecule has 2 saturated heterocycles. The van der Waals surface area contributed by atoms with Gasteiger partial charge in [-0.3, -0.25) is 0 Å². The first kappa shape index (κ1) is 22.0. The zero-order chi connectivity index (χ0) is 21.1. The molecule has 0 radical (unpaired) electrons. The second-order valence-corrected chi connectivity index (χ2v) is 14.0. The Balaban J connectivity index is 1.46. The van der Waals surface area contributed by atoms with E-state index in [1.54, 1.807) is 24.3 Å². The van der Waals surface area contributed by atoms with E-state index >= 15 is 0 Å². The molecule has 2 fully saturated rings. The van der Waals surface area contributed by atoms with Crippen LogP contribution in [0.25, 0.3) is 0 Å². The second kappa shape index (κ2) is 7.76. The summed E-state index contributed by atoms with van der Waals surface area (Å²) in [4.78, 5) is 0. The van der Waals surface area contributed by atoms with Gasteiger partial charge >= 0.3 is 0 Å². The predicted molar refractivity (Wildman–Crippen MR) is 123 cm³/mol. The lowest BCUT2D eigenvalue weighted by Gasteiger charge is -2.28. The largest absolute Gasteiger partial charge is 0.508 e. The predicted octanol–water partition coefficient (Wildman–Crippen LogP) is 6.20. The molecule has 156 valence electrons. The van der Waals surface area contributed by atoms with Crippen molar-refractivity contribution in [3.63, 3.8) is 0 Å². The van der Waals surface area contributed by atoms with Crippen LogP contribution in [-0.4, -0.2) is 29.3 Å². The van der Waals surface area contributed by atoms with Gasteiger partial charge in [-0.2, -0.15) is 0 Å². The third-order valence-electron chi connectivity index (χ3n) is 5.23. The SMILES string of the molecule is Cc1c(O)cccc1C1OC1C(Br)(Br)OC(Br)(Br)C1OC1c1cccc(O)c1C. The highest BCUT2D eigenvalue weighted by Gasteiger charge is 2.62. The maximum absolute atomic E-state index is 9.95. The molecule has 0 bridgehead atoms. The maximum atomic E-state index is 9.95. The molecule has 2 aliphatic rings. The van der Waals surface area contributed by atoms with Gasteiger partial charge < -0.3 is 24.4 Å². The highest BCUT2D eigenvalue weighted by Crippen LogP contribution is 2.60. The highest BCUT2D eigenvalue weighted by atomic mass is 79.9. The molecule has 9 heteroatoms. The van der Waals surface area contributed by atoms with Crippen LogP contribution in [0.4, 0.5) is 0 Å². The quantitative estimate of drug-likeness (QED) is 0.286. The van der Waals surface area contributed by atoms with E-state index in [0.29, 0.717) is 0 Å². The van der Waals surface area contributed by atoms with Crippen molar-refractivity contribution in [3.8, 4) is 11.5 Å². The zero-order valence-corrected chi connectivity index (χ0v) is 21.7. The van der Waals surface area contributed by atoms with Crippen LogP contribution in [-0.2, 0) is 14.2 Å². The van der Waals surface area contributed by atoms with Crippen LogP contribution in [0.5, 0.6) is 11.5 Å². The van der Waals surface area contributed by atoms with Gasteiger partial charge in [-0.25, -0.2) is 0 Å². The molecular weight excluding hydrogens is 640 g/mol. The number of ether oxygens (including phenoxy) is 3. The Morgan fingerprint density at radius 2 is 1.14 bits per heavy atom. The smallest absolute Gasteiger partial charge is 0.209 e. The monoisotopic (exact) mass is 654 g/mol. The number of alkyl halides is 4. The van der Waals surface area contributed by atoms with E-state index in [0.717, 1.165) is 22.3 Å². The molecule has 5 nitrogen and oxygen atoms in total. The van der Waals surface area contributed by atoms with E-state index in [2.05, 4.69) is 63.7 Å². The molecule has 0 saturated carbocycles. The number of halogens is 4. The Labute approximate surface area is 202 Å². The molecule has 2 heterocycles. The minimum atomic E-state index is -1.00. The van der Waals surface area contributed by atoms with E-state index in [9.17, 15) is 10.2 Å². The minimum absolute atomic E-state index is 0.221. The Hall–Kier alpha value is -0.160. The number of hydrogen-bond acceptors (Lipinski definition) is 5. The van der Waals surface area contributed by atoms with Gasteiger partial charge in [0, 0.05) is 0 Å². The normalized spacial score (nSPS) is 26.4. The van der Waals surface area contributed by atoms with Gasteiger partial charge in [0.05, 0.1) is 0 Å². The average molecular weight is 658 g/mol. The van der Waals surface area contributed by atoms with Crippen molar-refractivity contribution in [1.29, 1.82) is 0 Å². The third-order valence-corrected chi connectivity index (χ3v) is 7.68. The van der Waals surface area contributed by atoms with Crippen molar-refractivity contribution in [1.82, 2.24) is 0 Å². The van der Waals surface area contributed by atoms with Gasteiger partial charge in [0.1, 0.15) is 35.9 Å². The first-order valence-corrected chi connectivity index (χ1v) is 12.0. The number of aromatic hydroxyl groups is 2. The summed E-state index contributed by atoms with van der Waals surface area (Å²) in [6, 6.07) is 10.7. The second-order valence-electron chi connectivity index (χ2n) is 7.16.